The van der Waals surface area contributed by atoms with Crippen molar-refractivity contribution in [3.63, 3.8) is 0 Å². The fourth-order valence-corrected chi connectivity index (χ4v) is 4.44. The number of aliphatic carboxylic acids is 1. The molecule has 34 heavy (non-hydrogen) atoms. The summed E-state index contributed by atoms with van der Waals surface area (Å²) in [6, 6.07) is 12.3. The van der Waals surface area contributed by atoms with Gasteiger partial charge in [0.15, 0.2) is 0 Å². The second kappa shape index (κ2) is 10.5. The van der Waals surface area contributed by atoms with Gasteiger partial charge < -0.3 is 10.4 Å². The number of carboxylic acid groups (broad SMARTS) is 1. The monoisotopic (exact) mass is 499 g/mol. The molecule has 0 bridgehead atoms. The largest absolute Gasteiger partial charge is 0.490 e. The maximum absolute atomic E-state index is 11.7. The van der Waals surface area contributed by atoms with Gasteiger partial charge in [-0.3, -0.25) is 4.40 Å². The molecule has 0 amide bonds. The van der Waals surface area contributed by atoms with E-state index in [2.05, 4.69) is 22.4 Å². The number of hydrogen-bond donors (Lipinski definition) is 2. The number of nitrogens with zero attached hydrogens (tertiary/aromatic N) is 4. The van der Waals surface area contributed by atoms with Crippen LogP contribution in [-0.2, 0) is 21.4 Å². The molecule has 1 saturated heterocycles. The van der Waals surface area contributed by atoms with Crippen LogP contribution in [0.15, 0.2) is 48.8 Å². The number of carboxylic acids is 1. The Balaban J connectivity index is 0.000000406. The van der Waals surface area contributed by atoms with Gasteiger partial charge in [0.25, 0.3) is 0 Å². The molecule has 0 atom stereocenters. The van der Waals surface area contributed by atoms with Gasteiger partial charge in [0.2, 0.25) is 15.8 Å². The highest BCUT2D eigenvalue weighted by molar-refractivity contribution is 7.88. The van der Waals surface area contributed by atoms with Crippen LogP contribution in [0.1, 0.15) is 18.5 Å². The molecule has 2 aromatic heterocycles. The summed E-state index contributed by atoms with van der Waals surface area (Å²) in [5.41, 5.74) is 3.05. The quantitative estimate of drug-likeness (QED) is 0.554. The van der Waals surface area contributed by atoms with E-state index < -0.39 is 22.2 Å². The van der Waals surface area contributed by atoms with E-state index in [0.717, 1.165) is 29.8 Å². The molecule has 1 aliphatic rings. The number of aromatic nitrogens is 3. The zero-order valence-corrected chi connectivity index (χ0v) is 19.1. The lowest BCUT2D eigenvalue weighted by Gasteiger charge is -2.30. The number of fused-ring (bicyclic) bond motifs is 1. The molecule has 0 spiro atoms. The number of alkyl halides is 3. The number of benzene rings is 1. The van der Waals surface area contributed by atoms with Gasteiger partial charge >= 0.3 is 12.1 Å². The van der Waals surface area contributed by atoms with Crippen molar-refractivity contribution < 1.29 is 31.5 Å². The zero-order valence-electron chi connectivity index (χ0n) is 18.2. The summed E-state index contributed by atoms with van der Waals surface area (Å²) < 4.78 is 58.7. The molecule has 13 heteroatoms. The zero-order chi connectivity index (χ0) is 24.9. The molecule has 4 rings (SSSR count). The third kappa shape index (κ3) is 6.52. The van der Waals surface area contributed by atoms with Crippen LogP contribution < -0.4 is 5.32 Å². The van der Waals surface area contributed by atoms with Crippen LogP contribution in [0.3, 0.4) is 0 Å². The van der Waals surface area contributed by atoms with Crippen molar-refractivity contribution in [3.05, 3.63) is 54.5 Å². The first kappa shape index (κ1) is 25.6. The molecule has 184 valence electrons. The Morgan fingerprint density at radius 2 is 1.79 bits per heavy atom. The number of imidazole rings is 1. The third-order valence-electron chi connectivity index (χ3n) is 5.27. The Hall–Kier alpha value is -3.03. The van der Waals surface area contributed by atoms with Crippen LogP contribution >= 0.6 is 0 Å². The van der Waals surface area contributed by atoms with Crippen LogP contribution in [-0.4, -0.2) is 69.7 Å². The summed E-state index contributed by atoms with van der Waals surface area (Å²) in [5.74, 6) is -2.08. The topological polar surface area (TPSA) is 117 Å². The minimum absolute atomic E-state index is 0.286. The molecule has 2 N–H and O–H groups in total. The Labute approximate surface area is 194 Å². The molecule has 9 nitrogen and oxygen atoms in total. The lowest BCUT2D eigenvalue weighted by atomic mass is 10.1. The Kier molecular flexibility index (Phi) is 7.89. The molecule has 0 aliphatic carbocycles. The van der Waals surface area contributed by atoms with E-state index in [9.17, 15) is 21.6 Å². The van der Waals surface area contributed by atoms with Gasteiger partial charge in [-0.15, -0.1) is 0 Å². The molecule has 1 aromatic carbocycles. The summed E-state index contributed by atoms with van der Waals surface area (Å²) in [5, 5.41) is 10.7. The highest BCUT2D eigenvalue weighted by atomic mass is 32.2. The number of sulfonamides is 1. The van der Waals surface area contributed by atoms with Gasteiger partial charge in [0.05, 0.1) is 17.6 Å². The van der Waals surface area contributed by atoms with Gasteiger partial charge in [0.1, 0.15) is 0 Å². The van der Waals surface area contributed by atoms with Crippen LogP contribution in [0.25, 0.3) is 17.0 Å². The van der Waals surface area contributed by atoms with E-state index in [-0.39, 0.29) is 6.04 Å². The fourth-order valence-electron chi connectivity index (χ4n) is 3.56. The molecule has 0 radical (unpaired) electrons. The predicted molar refractivity (Wildman–Crippen MR) is 118 cm³/mol. The Morgan fingerprint density at radius 3 is 2.35 bits per heavy atom. The van der Waals surface area contributed by atoms with Gasteiger partial charge in [-0.25, -0.2) is 27.5 Å². The maximum Gasteiger partial charge on any atom is 0.490 e. The molecule has 0 unspecified atom stereocenters. The highest BCUT2D eigenvalue weighted by Gasteiger charge is 2.38. The van der Waals surface area contributed by atoms with Crippen molar-refractivity contribution in [2.75, 3.05) is 19.3 Å². The number of piperidine rings is 1. The van der Waals surface area contributed by atoms with Crippen LogP contribution in [0.5, 0.6) is 0 Å². The maximum atomic E-state index is 11.7. The van der Waals surface area contributed by atoms with E-state index in [1.165, 1.54) is 6.26 Å². The molecule has 1 fully saturated rings. The first-order valence-electron chi connectivity index (χ1n) is 10.3. The van der Waals surface area contributed by atoms with Crippen molar-refractivity contribution in [2.45, 2.75) is 31.6 Å². The Bertz CT molecular complexity index is 1220. The summed E-state index contributed by atoms with van der Waals surface area (Å²) in [7, 11) is -3.10. The lowest BCUT2D eigenvalue weighted by molar-refractivity contribution is -0.192. The number of nitrogens with one attached hydrogen (secondary N) is 1. The molecule has 3 heterocycles. The van der Waals surface area contributed by atoms with Gasteiger partial charge in [-0.05, 0) is 18.9 Å². The summed E-state index contributed by atoms with van der Waals surface area (Å²) in [6.07, 6.45) is 1.53. The van der Waals surface area contributed by atoms with E-state index in [0.29, 0.717) is 25.4 Å². The molecular formula is C21H24F3N5O4S. The average molecular weight is 500 g/mol. The number of halogens is 3. The van der Waals surface area contributed by atoms with Crippen molar-refractivity contribution in [2.24, 2.45) is 0 Å². The third-order valence-corrected chi connectivity index (χ3v) is 6.58. The van der Waals surface area contributed by atoms with Gasteiger partial charge in [-0.2, -0.15) is 13.2 Å². The minimum Gasteiger partial charge on any atom is -0.475 e. The second-order valence-electron chi connectivity index (χ2n) is 7.68. The van der Waals surface area contributed by atoms with Crippen molar-refractivity contribution >= 4 is 21.8 Å². The summed E-state index contributed by atoms with van der Waals surface area (Å²) in [4.78, 5) is 18.0. The average Bonchev–Trinajstić information content (AvgIpc) is 3.16. The van der Waals surface area contributed by atoms with E-state index in [4.69, 9.17) is 14.9 Å². The molecular weight excluding hydrogens is 475 g/mol. The van der Waals surface area contributed by atoms with E-state index >= 15 is 0 Å². The van der Waals surface area contributed by atoms with Crippen molar-refractivity contribution in [1.82, 2.24) is 24.0 Å². The second-order valence-corrected chi connectivity index (χ2v) is 9.67. The predicted octanol–water partition coefficient (Wildman–Crippen LogP) is 2.54. The van der Waals surface area contributed by atoms with Crippen LogP contribution in [0, 0.1) is 0 Å². The SMILES string of the molecule is CS(=O)(=O)N1CCC(NCc2c(-c3ccccc3)nc3ncccn23)CC1.O=C(O)C(F)(F)F. The first-order chi connectivity index (χ1) is 16.0. The number of rotatable bonds is 5. The van der Waals surface area contributed by atoms with Crippen molar-refractivity contribution in [1.29, 1.82) is 0 Å². The van der Waals surface area contributed by atoms with Gasteiger partial charge in [-0.1, -0.05) is 30.3 Å². The fraction of sp³-hybridized carbons (Fsp3) is 0.381. The smallest absolute Gasteiger partial charge is 0.475 e. The molecule has 1 aliphatic heterocycles. The minimum atomic E-state index is -5.08. The first-order valence-corrected chi connectivity index (χ1v) is 12.2. The van der Waals surface area contributed by atoms with E-state index in [1.807, 2.05) is 34.9 Å². The highest BCUT2D eigenvalue weighted by Crippen LogP contribution is 2.24. The van der Waals surface area contributed by atoms with Crippen LogP contribution in [0.2, 0.25) is 0 Å². The normalized spacial score (nSPS) is 15.6. The van der Waals surface area contributed by atoms with Crippen LogP contribution in [0.4, 0.5) is 13.2 Å². The van der Waals surface area contributed by atoms with Gasteiger partial charge in [0, 0.05) is 43.6 Å². The Morgan fingerprint density at radius 1 is 1.18 bits per heavy atom. The lowest BCUT2D eigenvalue weighted by Crippen LogP contribution is -2.44. The molecule has 3 aromatic rings. The summed E-state index contributed by atoms with van der Waals surface area (Å²) in [6.45, 7) is 1.79. The van der Waals surface area contributed by atoms with Crippen molar-refractivity contribution in [3.8, 4) is 11.3 Å². The number of carbonyl (C=O) groups is 1. The number of hydrogen-bond acceptors (Lipinski definition) is 6. The molecule has 0 saturated carbocycles. The van der Waals surface area contributed by atoms with E-state index in [1.54, 1.807) is 10.5 Å². The standard InChI is InChI=1S/C19H23N5O2S.C2HF3O2/c1-27(25,26)23-12-8-16(9-13-23)21-14-17-18(15-6-3-2-4-7-15)22-19-20-10-5-11-24(17)19;3-2(4,5)1(6)7/h2-7,10-11,16,21H,8-9,12-14H2,1H3;(H,6,7). The summed E-state index contributed by atoms with van der Waals surface area (Å²) >= 11 is 0.